The smallest absolute Gasteiger partial charge is 0.254 e. The van der Waals surface area contributed by atoms with Crippen LogP contribution in [-0.2, 0) is 19.5 Å². The molecular formula is C26H24N4O. The molecule has 0 radical (unpaired) electrons. The van der Waals surface area contributed by atoms with Gasteiger partial charge < -0.3 is 9.47 Å². The van der Waals surface area contributed by atoms with Crippen molar-refractivity contribution < 1.29 is 4.79 Å². The monoisotopic (exact) mass is 408 g/mol. The maximum Gasteiger partial charge on any atom is 0.254 e. The lowest BCUT2D eigenvalue weighted by molar-refractivity contribution is 0.0816. The lowest BCUT2D eigenvalue weighted by Crippen LogP contribution is -2.17. The van der Waals surface area contributed by atoms with Gasteiger partial charge in [-0.05, 0) is 58.5 Å². The van der Waals surface area contributed by atoms with Crippen molar-refractivity contribution in [2.75, 3.05) is 7.05 Å². The molecule has 0 saturated heterocycles. The van der Waals surface area contributed by atoms with E-state index in [1.807, 2.05) is 13.1 Å². The number of carbonyl (C=O) groups is 1. The Balaban J connectivity index is 1.43. The summed E-state index contributed by atoms with van der Waals surface area (Å²) in [6, 6.07) is 19.2. The van der Waals surface area contributed by atoms with Gasteiger partial charge in [0.1, 0.15) is 5.82 Å². The average molecular weight is 409 g/mol. The van der Waals surface area contributed by atoms with Crippen LogP contribution in [0, 0.1) is 0 Å². The minimum atomic E-state index is 0.108. The van der Waals surface area contributed by atoms with Gasteiger partial charge in [0, 0.05) is 37.7 Å². The van der Waals surface area contributed by atoms with Gasteiger partial charge in [0.15, 0.2) is 5.82 Å². The summed E-state index contributed by atoms with van der Waals surface area (Å²) in [5, 5.41) is 11.4. The highest BCUT2D eigenvalue weighted by molar-refractivity contribution is 6.01. The fourth-order valence-corrected chi connectivity index (χ4v) is 5.01. The first kappa shape index (κ1) is 18.3. The number of amides is 1. The molecule has 0 aliphatic carbocycles. The number of carbonyl (C=O) groups excluding carboxylic acids is 1. The molecule has 5 nitrogen and oxygen atoms in total. The highest BCUT2D eigenvalue weighted by Gasteiger charge is 2.24. The molecule has 154 valence electrons. The van der Waals surface area contributed by atoms with Crippen LogP contribution in [0.4, 0.5) is 0 Å². The van der Waals surface area contributed by atoms with E-state index in [2.05, 4.69) is 63.3 Å². The molecule has 0 spiro atoms. The van der Waals surface area contributed by atoms with Crippen LogP contribution in [0.3, 0.4) is 0 Å². The summed E-state index contributed by atoms with van der Waals surface area (Å²) < 4.78 is 2.30. The van der Waals surface area contributed by atoms with Crippen molar-refractivity contribution in [2.45, 2.75) is 38.8 Å². The van der Waals surface area contributed by atoms with E-state index >= 15 is 0 Å². The molecule has 3 aromatic carbocycles. The minimum absolute atomic E-state index is 0.108. The Hall–Kier alpha value is -3.47. The molecule has 4 aromatic rings. The second kappa shape index (κ2) is 7.05. The molecule has 1 amide bonds. The van der Waals surface area contributed by atoms with Crippen LogP contribution in [-0.4, -0.2) is 32.6 Å². The second-order valence-electron chi connectivity index (χ2n) is 8.68. The number of hydrogen-bond donors (Lipinski definition) is 0. The number of hydrogen-bond acceptors (Lipinski definition) is 3. The van der Waals surface area contributed by atoms with Gasteiger partial charge in [-0.2, -0.15) is 0 Å². The Kier molecular flexibility index (Phi) is 4.16. The van der Waals surface area contributed by atoms with Crippen LogP contribution >= 0.6 is 0 Å². The Labute approximate surface area is 181 Å². The predicted molar refractivity (Wildman–Crippen MR) is 122 cm³/mol. The van der Waals surface area contributed by atoms with E-state index < -0.39 is 0 Å². The zero-order chi connectivity index (χ0) is 20.9. The molecule has 1 aromatic heterocycles. The SMILES string of the molecule is CN1Cc2cc(-c3cccc4cc(-c5nnc6n5CCCCC6)ccc34)ccc2C1=O. The van der Waals surface area contributed by atoms with Gasteiger partial charge in [0.05, 0.1) is 0 Å². The molecule has 0 unspecified atom stereocenters. The highest BCUT2D eigenvalue weighted by atomic mass is 16.2. The van der Waals surface area contributed by atoms with Crippen molar-refractivity contribution in [1.82, 2.24) is 19.7 Å². The van der Waals surface area contributed by atoms with E-state index in [-0.39, 0.29) is 5.91 Å². The lowest BCUT2D eigenvalue weighted by atomic mass is 9.95. The first-order valence-electron chi connectivity index (χ1n) is 11.0. The van der Waals surface area contributed by atoms with Gasteiger partial charge in [-0.25, -0.2) is 0 Å². The van der Waals surface area contributed by atoms with Crippen molar-refractivity contribution in [1.29, 1.82) is 0 Å². The molecule has 2 aliphatic rings. The molecule has 0 bridgehead atoms. The van der Waals surface area contributed by atoms with E-state index in [1.54, 1.807) is 4.90 Å². The summed E-state index contributed by atoms with van der Waals surface area (Å²) >= 11 is 0. The number of fused-ring (bicyclic) bond motifs is 3. The zero-order valence-corrected chi connectivity index (χ0v) is 17.6. The van der Waals surface area contributed by atoms with E-state index in [0.29, 0.717) is 6.54 Å². The molecule has 0 atom stereocenters. The summed E-state index contributed by atoms with van der Waals surface area (Å²) in [7, 11) is 1.85. The molecule has 3 heterocycles. The van der Waals surface area contributed by atoms with Gasteiger partial charge in [0.25, 0.3) is 5.91 Å². The quantitative estimate of drug-likeness (QED) is 0.465. The summed E-state index contributed by atoms with van der Waals surface area (Å²) in [5.41, 5.74) is 5.38. The Bertz CT molecular complexity index is 1340. The Morgan fingerprint density at radius 1 is 0.871 bits per heavy atom. The zero-order valence-electron chi connectivity index (χ0n) is 17.6. The number of rotatable bonds is 2. The number of aromatic nitrogens is 3. The number of benzene rings is 3. The molecule has 0 N–H and O–H groups in total. The van der Waals surface area contributed by atoms with Crippen LogP contribution < -0.4 is 0 Å². The first-order chi connectivity index (χ1) is 15.2. The third kappa shape index (κ3) is 2.95. The van der Waals surface area contributed by atoms with E-state index in [9.17, 15) is 4.79 Å². The third-order valence-corrected chi connectivity index (χ3v) is 6.65. The van der Waals surface area contributed by atoms with E-state index in [1.165, 1.54) is 35.6 Å². The molecule has 31 heavy (non-hydrogen) atoms. The van der Waals surface area contributed by atoms with Crippen LogP contribution in [0.25, 0.3) is 33.3 Å². The van der Waals surface area contributed by atoms with Crippen molar-refractivity contribution in [3.05, 3.63) is 71.5 Å². The van der Waals surface area contributed by atoms with Gasteiger partial charge in [-0.3, -0.25) is 4.79 Å². The highest BCUT2D eigenvalue weighted by Crippen LogP contribution is 2.34. The van der Waals surface area contributed by atoms with Crippen LogP contribution in [0.15, 0.2) is 54.6 Å². The topological polar surface area (TPSA) is 51.0 Å². The summed E-state index contributed by atoms with van der Waals surface area (Å²) in [6.45, 7) is 1.67. The van der Waals surface area contributed by atoms with E-state index in [0.717, 1.165) is 46.9 Å². The summed E-state index contributed by atoms with van der Waals surface area (Å²) in [5.74, 6) is 2.19. The molecule has 0 fully saturated rings. The molecule has 2 aliphatic heterocycles. The van der Waals surface area contributed by atoms with Crippen molar-refractivity contribution in [2.24, 2.45) is 0 Å². The largest absolute Gasteiger partial charge is 0.337 e. The van der Waals surface area contributed by atoms with E-state index in [4.69, 9.17) is 0 Å². The van der Waals surface area contributed by atoms with Crippen molar-refractivity contribution in [3.8, 4) is 22.5 Å². The van der Waals surface area contributed by atoms with Gasteiger partial charge in [-0.15, -0.1) is 10.2 Å². The lowest BCUT2D eigenvalue weighted by Gasteiger charge is -2.11. The molecular weight excluding hydrogens is 384 g/mol. The summed E-state index contributed by atoms with van der Waals surface area (Å²) in [6.07, 6.45) is 4.65. The molecule has 0 saturated carbocycles. The minimum Gasteiger partial charge on any atom is -0.337 e. The van der Waals surface area contributed by atoms with Crippen LogP contribution in [0.1, 0.15) is 41.0 Å². The van der Waals surface area contributed by atoms with Crippen LogP contribution in [0.2, 0.25) is 0 Å². The molecule has 6 rings (SSSR count). The number of nitrogens with zero attached hydrogens (tertiary/aromatic N) is 4. The standard InChI is InChI=1S/C26H24N4O/c1-29-16-20-15-18(9-12-23(20)26(29)31)21-7-5-6-17-14-19(10-11-22(17)21)25-28-27-24-8-3-2-4-13-30(24)25/h5-7,9-12,14-15H,2-4,8,13,16H2,1H3. The summed E-state index contributed by atoms with van der Waals surface area (Å²) in [4.78, 5) is 14.0. The van der Waals surface area contributed by atoms with Crippen molar-refractivity contribution in [3.63, 3.8) is 0 Å². The Morgan fingerprint density at radius 2 is 1.77 bits per heavy atom. The second-order valence-corrected chi connectivity index (χ2v) is 8.68. The number of aryl methyl sites for hydroxylation is 1. The fourth-order valence-electron chi connectivity index (χ4n) is 5.01. The Morgan fingerprint density at radius 3 is 2.71 bits per heavy atom. The van der Waals surface area contributed by atoms with Crippen molar-refractivity contribution >= 4 is 16.7 Å². The average Bonchev–Trinajstić information content (AvgIpc) is 3.22. The predicted octanol–water partition coefficient (Wildman–Crippen LogP) is 5.08. The first-order valence-corrected chi connectivity index (χ1v) is 11.0. The van der Waals surface area contributed by atoms with Gasteiger partial charge in [0.2, 0.25) is 0 Å². The van der Waals surface area contributed by atoms with Gasteiger partial charge >= 0.3 is 0 Å². The fraction of sp³-hybridized carbons (Fsp3) is 0.269. The maximum atomic E-state index is 12.2. The third-order valence-electron chi connectivity index (χ3n) is 6.65. The van der Waals surface area contributed by atoms with Gasteiger partial charge in [-0.1, -0.05) is 42.8 Å². The van der Waals surface area contributed by atoms with Crippen LogP contribution in [0.5, 0.6) is 0 Å². The maximum absolute atomic E-state index is 12.2. The molecule has 5 heteroatoms. The normalized spacial score (nSPS) is 15.8.